The fourth-order valence-corrected chi connectivity index (χ4v) is 13.9. The minimum atomic E-state index is -3.65. The number of carbonyl (C=O) groups is 2. The molecular formula is C81H70BrF31O12. The molecule has 0 fully saturated rings. The van der Waals surface area contributed by atoms with Crippen LogP contribution < -0.4 is 9.47 Å². The summed E-state index contributed by atoms with van der Waals surface area (Å²) >= 11 is 3.32. The summed E-state index contributed by atoms with van der Waals surface area (Å²) in [5.41, 5.74) is -17.8. The molecule has 0 aliphatic carbocycles. The van der Waals surface area contributed by atoms with Crippen LogP contribution in [0.15, 0.2) is 6.58 Å². The molecule has 7 rings (SSSR count). The Morgan fingerprint density at radius 3 is 0.800 bits per heavy atom. The van der Waals surface area contributed by atoms with E-state index in [1.807, 2.05) is 0 Å². The topological polar surface area (TPSA) is 148 Å². The zero-order chi connectivity index (χ0) is 94.1. The molecule has 0 amide bonds. The third-order valence-electron chi connectivity index (χ3n) is 20.3. The molecule has 0 saturated carbocycles. The van der Waals surface area contributed by atoms with Crippen molar-refractivity contribution in [3.8, 4) is 23.0 Å². The largest absolute Gasteiger partial charge is 0.503 e. The second-order valence-corrected chi connectivity index (χ2v) is 31.7. The summed E-state index contributed by atoms with van der Waals surface area (Å²) in [5, 5.41) is 20.4. The first-order valence-electron chi connectivity index (χ1n) is 36.8. The predicted octanol–water partition coefficient (Wildman–Crippen LogP) is 22.5. The fraction of sp³-hybridized carbons (Fsp3) is 0.432. The second-order valence-electron chi connectivity index (χ2n) is 29.7. The highest BCUT2D eigenvalue weighted by Gasteiger charge is 2.47. The summed E-state index contributed by atoms with van der Waals surface area (Å²) in [4.78, 5) is 26.0. The van der Waals surface area contributed by atoms with Crippen molar-refractivity contribution in [1.29, 1.82) is 0 Å². The van der Waals surface area contributed by atoms with Gasteiger partial charge < -0.3 is 48.1 Å². The Morgan fingerprint density at radius 2 is 0.528 bits per heavy atom. The smallest absolute Gasteiger partial charge is 0.310 e. The van der Waals surface area contributed by atoms with E-state index in [0.717, 1.165) is 20.8 Å². The summed E-state index contributed by atoms with van der Waals surface area (Å²) in [6, 6.07) is 0. The molecule has 0 bridgehead atoms. The molecular weight excluding hydrogens is 1830 g/mol. The van der Waals surface area contributed by atoms with E-state index in [0.29, 0.717) is 13.0 Å². The number of esters is 2. The number of hydrogen-bond donors (Lipinski definition) is 2. The molecule has 690 valence electrons. The number of carbonyl (C=O) groups excluding carboxylic acids is 2. The number of rotatable bonds is 42. The predicted molar refractivity (Wildman–Crippen MR) is 378 cm³/mol. The van der Waals surface area contributed by atoms with E-state index in [9.17, 15) is 41.8 Å². The molecule has 8 atom stereocenters. The van der Waals surface area contributed by atoms with Gasteiger partial charge in [-0.3, -0.25) is 9.59 Å². The normalized spacial score (nSPS) is 14.0. The molecule has 2 N–H and O–H groups in total. The van der Waals surface area contributed by atoms with Crippen LogP contribution in [0.25, 0.3) is 6.08 Å². The number of aromatic hydroxyl groups is 2. The summed E-state index contributed by atoms with van der Waals surface area (Å²) < 4.78 is 536. The van der Waals surface area contributed by atoms with Crippen LogP contribution >= 0.6 is 15.9 Å². The van der Waals surface area contributed by atoms with Gasteiger partial charge in [0, 0.05) is 37.7 Å². The van der Waals surface area contributed by atoms with E-state index in [4.69, 9.17) is 37.9 Å². The van der Waals surface area contributed by atoms with E-state index in [2.05, 4.69) is 22.5 Å². The summed E-state index contributed by atoms with van der Waals surface area (Å²) in [6.45, 7) is 4.38. The third kappa shape index (κ3) is 22.4. The minimum absolute atomic E-state index is 0.185. The van der Waals surface area contributed by atoms with Gasteiger partial charge in [0.15, 0.2) is 139 Å². The maximum Gasteiger partial charge on any atom is 0.310 e. The van der Waals surface area contributed by atoms with Gasteiger partial charge in [0.05, 0.1) is 70.3 Å². The van der Waals surface area contributed by atoms with Crippen LogP contribution in [-0.2, 0) is 38.0 Å². The van der Waals surface area contributed by atoms with E-state index in [-0.39, 0.29) is 26.4 Å². The standard InChI is InChI=1S/C81H70BrF31O12/c1-9-35-43(83)70(110)76(71(111)44(35)84)122-18-14-118-10-12-120-16-20-124-78(116)28(2)22-30(37-45(85)57(97)63(103)58(98)46(37)86)23-31(38-47(87)59(99)64(104)60(100)48(38)88)24-32(39-49(89)61(101)65(105)62(102)50(39)90)25-33(40-51(91)66(106)74(114)67(107)52(40)92)26-34(41-53(93)68(108)75(115)69(109)54(41)94)27-36(80(4,5)6)42-55(95)72(112)77(73(113)56(42)96)123-19-15-119-11-13-121-17-21-125-79(117)29(3)81(7,8)82/h9,28-34,36,114-115H,1,10-27H2,2-8H3. The molecule has 0 aliphatic heterocycles. The van der Waals surface area contributed by atoms with Gasteiger partial charge in [-0.15, -0.1) is 0 Å². The van der Waals surface area contributed by atoms with Crippen LogP contribution in [0.1, 0.15) is 161 Å². The molecule has 125 heavy (non-hydrogen) atoms. The van der Waals surface area contributed by atoms with Crippen LogP contribution in [0.2, 0.25) is 0 Å². The zero-order valence-corrected chi connectivity index (χ0v) is 67.3. The third-order valence-corrected chi connectivity index (χ3v) is 21.0. The SMILES string of the molecule is C=Cc1c(F)c(F)c(OCCOCCOCCOC(=O)C(C)CC(CC(CC(CC(CC(CC(c2c(F)c(F)c(OCCOCCOCCOC(=O)C(C)C(C)(C)Br)c(F)c2F)C(C)(C)C)c2c(F)c(F)c(O)c(F)c2F)c2c(F)c(F)c(O)c(F)c2F)c2c(F)c(F)c(F)c(F)c2F)c2c(F)c(F)c(F)c(F)c2F)c2c(F)c(F)c(F)c(F)c2F)c(F)c1F. The summed E-state index contributed by atoms with van der Waals surface area (Å²) in [5.74, 6) is -123. The number of benzene rings is 7. The molecule has 8 unspecified atom stereocenters. The Morgan fingerprint density at radius 1 is 0.304 bits per heavy atom. The number of halogens is 32. The molecule has 0 radical (unpaired) electrons. The van der Waals surface area contributed by atoms with Gasteiger partial charge >= 0.3 is 11.9 Å². The highest BCUT2D eigenvalue weighted by molar-refractivity contribution is 9.10. The molecule has 0 saturated heterocycles. The molecule has 0 aliphatic rings. The lowest BCUT2D eigenvalue weighted by molar-refractivity contribution is -0.151. The number of hydrogen-bond acceptors (Lipinski definition) is 12. The summed E-state index contributed by atoms with van der Waals surface area (Å²) in [7, 11) is 0. The van der Waals surface area contributed by atoms with E-state index < -0.39 is 403 Å². The maximum absolute atomic E-state index is 17.1. The van der Waals surface area contributed by atoms with E-state index in [1.165, 1.54) is 0 Å². The van der Waals surface area contributed by atoms with Crippen molar-refractivity contribution >= 4 is 33.9 Å². The van der Waals surface area contributed by atoms with E-state index in [1.54, 1.807) is 20.8 Å². The van der Waals surface area contributed by atoms with Gasteiger partial charge in [0.1, 0.15) is 26.4 Å². The van der Waals surface area contributed by atoms with Crippen molar-refractivity contribution in [2.24, 2.45) is 17.3 Å². The number of ether oxygens (including phenoxy) is 8. The molecule has 7 aromatic rings. The summed E-state index contributed by atoms with van der Waals surface area (Å²) in [6.07, 6.45) is -12.8. The highest BCUT2D eigenvalue weighted by atomic mass is 79.9. The van der Waals surface area contributed by atoms with Crippen molar-refractivity contribution in [1.82, 2.24) is 0 Å². The Bertz CT molecular complexity index is 4960. The van der Waals surface area contributed by atoms with Gasteiger partial charge in [-0.1, -0.05) is 63.2 Å². The zero-order valence-electron chi connectivity index (χ0n) is 65.7. The quantitative estimate of drug-likeness (QED) is 0.00937. The molecule has 7 aromatic carbocycles. The van der Waals surface area contributed by atoms with Crippen LogP contribution in [0.4, 0.5) is 136 Å². The van der Waals surface area contributed by atoms with E-state index >= 15 is 114 Å². The Hall–Kier alpha value is -9.43. The molecule has 44 heteroatoms. The highest BCUT2D eigenvalue weighted by Crippen LogP contribution is 2.55. The average Bonchev–Trinajstić information content (AvgIpc) is 0.749. The second kappa shape index (κ2) is 42.9. The van der Waals surface area contributed by atoms with Gasteiger partial charge in [-0.25, -0.2) is 101 Å². The number of alkyl halides is 1. The van der Waals surface area contributed by atoms with Crippen molar-refractivity contribution in [3.63, 3.8) is 0 Å². The molecule has 0 spiro atoms. The van der Waals surface area contributed by atoms with Gasteiger partial charge in [-0.2, -0.15) is 35.1 Å². The first-order chi connectivity index (χ1) is 58.3. The van der Waals surface area contributed by atoms with Crippen molar-refractivity contribution in [2.45, 2.75) is 127 Å². The Kier molecular flexibility index (Phi) is 35.2. The lowest BCUT2D eigenvalue weighted by Crippen LogP contribution is -2.31. The van der Waals surface area contributed by atoms with Gasteiger partial charge in [0.2, 0.25) is 64.0 Å². The minimum Gasteiger partial charge on any atom is -0.503 e. The van der Waals surface area contributed by atoms with Crippen molar-refractivity contribution in [3.05, 3.63) is 226 Å². The first kappa shape index (κ1) is 103. The monoisotopic (exact) mass is 1900 g/mol. The van der Waals surface area contributed by atoms with Crippen molar-refractivity contribution in [2.75, 3.05) is 79.3 Å². The van der Waals surface area contributed by atoms with Crippen LogP contribution in [0.5, 0.6) is 23.0 Å². The maximum atomic E-state index is 17.1. The van der Waals surface area contributed by atoms with Crippen LogP contribution in [0.3, 0.4) is 0 Å². The first-order valence-corrected chi connectivity index (χ1v) is 37.6. The van der Waals surface area contributed by atoms with Gasteiger partial charge in [0.25, 0.3) is 0 Å². The van der Waals surface area contributed by atoms with Gasteiger partial charge in [-0.05, 0) is 93.3 Å². The average molecular weight is 1900 g/mol. The number of phenolic OH excluding ortho intramolecular Hbond substituents is 2. The Balaban J connectivity index is 1.35. The van der Waals surface area contributed by atoms with Crippen molar-refractivity contribution < 1.29 is 194 Å². The molecule has 12 nitrogen and oxygen atoms in total. The lowest BCUT2D eigenvalue weighted by Gasteiger charge is -2.37. The molecule has 0 aromatic heterocycles. The molecule has 0 heterocycles. The fourth-order valence-electron chi connectivity index (χ4n) is 13.7. The number of phenols is 2. The van der Waals surface area contributed by atoms with Crippen LogP contribution in [0, 0.1) is 198 Å². The lowest BCUT2D eigenvalue weighted by atomic mass is 9.67. The van der Waals surface area contributed by atoms with Crippen LogP contribution in [-0.4, -0.2) is 106 Å². The Labute approximate surface area is 697 Å².